The lowest BCUT2D eigenvalue weighted by Crippen LogP contribution is -2.08. The van der Waals surface area contributed by atoms with Crippen molar-refractivity contribution < 1.29 is 43.9 Å². The van der Waals surface area contributed by atoms with Crippen molar-refractivity contribution in [3.8, 4) is 22.4 Å². The lowest BCUT2D eigenvalue weighted by Gasteiger charge is -2.14. The smallest absolute Gasteiger partial charge is 0.200 e. The number of aromatic nitrogens is 1. The molecule has 0 unspecified atom stereocenters. The topological polar surface area (TPSA) is 12.9 Å². The van der Waals surface area contributed by atoms with Crippen LogP contribution in [0, 0.1) is 58.2 Å². The zero-order valence-corrected chi connectivity index (χ0v) is 14.0. The Balaban J connectivity index is 2.50. The number of hydrogen-bond acceptors (Lipinski definition) is 1. The van der Waals surface area contributed by atoms with Crippen LogP contribution in [0.5, 0.6) is 0 Å². The van der Waals surface area contributed by atoms with E-state index >= 15 is 0 Å². The molecule has 0 aliphatic carbocycles. The van der Waals surface area contributed by atoms with E-state index in [1.807, 2.05) is 0 Å². The number of benzene rings is 2. The number of halogens is 11. The highest BCUT2D eigenvalue weighted by Crippen LogP contribution is 2.40. The molecule has 0 amide bonds. The second-order valence-corrected chi connectivity index (χ2v) is 5.81. The summed E-state index contributed by atoms with van der Waals surface area (Å²) < 4.78 is 137. The second-order valence-electron chi connectivity index (χ2n) is 5.42. The Morgan fingerprint density at radius 2 is 0.828 bits per heavy atom. The Bertz CT molecular complexity index is 1120. The van der Waals surface area contributed by atoms with Crippen LogP contribution in [0.25, 0.3) is 22.4 Å². The van der Waals surface area contributed by atoms with Crippen LogP contribution in [0.4, 0.5) is 43.9 Å². The molecule has 0 bridgehead atoms. The summed E-state index contributed by atoms with van der Waals surface area (Å²) in [6, 6.07) is 1.28. The first kappa shape index (κ1) is 20.9. The maximum Gasteiger partial charge on any atom is 0.200 e. The molecule has 0 radical (unpaired) electrons. The summed E-state index contributed by atoms with van der Waals surface area (Å²) in [5.41, 5.74) is -5.98. The molecule has 3 rings (SSSR count). The largest absolute Gasteiger partial charge is 0.235 e. The van der Waals surface area contributed by atoms with E-state index in [-0.39, 0.29) is 0 Å². The highest BCUT2D eigenvalue weighted by molar-refractivity contribution is 6.29. The van der Waals surface area contributed by atoms with E-state index < -0.39 is 85.7 Å². The third-order valence-electron chi connectivity index (χ3n) is 3.79. The van der Waals surface area contributed by atoms with Gasteiger partial charge in [-0.3, -0.25) is 0 Å². The van der Waals surface area contributed by atoms with E-state index in [0.717, 1.165) is 6.07 Å². The maximum absolute atomic E-state index is 14.1. The van der Waals surface area contributed by atoms with Gasteiger partial charge in [0.1, 0.15) is 5.15 Å². The Labute approximate surface area is 159 Å². The quantitative estimate of drug-likeness (QED) is 0.191. The van der Waals surface area contributed by atoms with Gasteiger partial charge in [0, 0.05) is 5.56 Å². The average molecular weight is 446 g/mol. The van der Waals surface area contributed by atoms with Crippen LogP contribution < -0.4 is 0 Å². The van der Waals surface area contributed by atoms with Gasteiger partial charge in [0.25, 0.3) is 0 Å². The molecule has 0 saturated heterocycles. The molecular weight excluding hydrogens is 444 g/mol. The number of pyridine rings is 1. The van der Waals surface area contributed by atoms with Gasteiger partial charge in [-0.15, -0.1) is 0 Å². The predicted octanol–water partition coefficient (Wildman–Crippen LogP) is 6.46. The van der Waals surface area contributed by atoms with E-state index in [1.165, 1.54) is 0 Å². The Hall–Kier alpha value is -2.82. The van der Waals surface area contributed by atoms with Crippen molar-refractivity contribution in [2.24, 2.45) is 0 Å². The van der Waals surface area contributed by atoms with E-state index in [9.17, 15) is 43.9 Å². The summed E-state index contributed by atoms with van der Waals surface area (Å²) in [7, 11) is 0. The van der Waals surface area contributed by atoms with Crippen LogP contribution in [0.2, 0.25) is 5.15 Å². The number of rotatable bonds is 2. The highest BCUT2D eigenvalue weighted by Gasteiger charge is 2.33. The molecule has 0 aliphatic rings. The van der Waals surface area contributed by atoms with Gasteiger partial charge in [0.2, 0.25) is 11.6 Å². The zero-order chi connectivity index (χ0) is 21.8. The fraction of sp³-hybridized carbons (Fsp3) is 0. The van der Waals surface area contributed by atoms with Gasteiger partial charge in [-0.1, -0.05) is 11.6 Å². The molecule has 0 saturated carbocycles. The molecule has 0 spiro atoms. The lowest BCUT2D eigenvalue weighted by atomic mass is 9.97. The number of nitrogens with zero attached hydrogens (tertiary/aromatic N) is 1. The SMILES string of the molecule is Fc1c(F)c(F)c(-c2ccc(Cl)nc2-c2c(F)c(F)c(F)c(F)c2F)c(F)c1F. The van der Waals surface area contributed by atoms with E-state index in [0.29, 0.717) is 6.07 Å². The summed E-state index contributed by atoms with van der Waals surface area (Å²) in [4.78, 5) is 3.27. The van der Waals surface area contributed by atoms with Crippen molar-refractivity contribution in [1.29, 1.82) is 0 Å². The minimum absolute atomic E-state index is 0.543. The molecule has 2 aromatic carbocycles. The van der Waals surface area contributed by atoms with Gasteiger partial charge in [0.15, 0.2) is 46.5 Å². The molecule has 0 aliphatic heterocycles. The summed E-state index contributed by atoms with van der Waals surface area (Å²) in [6.07, 6.45) is 0. The summed E-state index contributed by atoms with van der Waals surface area (Å²) >= 11 is 5.52. The molecule has 1 nitrogen and oxygen atoms in total. The summed E-state index contributed by atoms with van der Waals surface area (Å²) in [5, 5.41) is -0.642. The van der Waals surface area contributed by atoms with Gasteiger partial charge < -0.3 is 0 Å². The van der Waals surface area contributed by atoms with Crippen molar-refractivity contribution in [3.63, 3.8) is 0 Å². The van der Waals surface area contributed by atoms with Gasteiger partial charge >= 0.3 is 0 Å². The number of hydrogen-bond donors (Lipinski definition) is 0. The first-order chi connectivity index (χ1) is 13.5. The first-order valence-electron chi connectivity index (χ1n) is 7.19. The second kappa shape index (κ2) is 7.21. The van der Waals surface area contributed by atoms with Crippen LogP contribution in [0.1, 0.15) is 0 Å². The third kappa shape index (κ3) is 3.09. The molecule has 0 N–H and O–H groups in total. The third-order valence-corrected chi connectivity index (χ3v) is 4.00. The van der Waals surface area contributed by atoms with Gasteiger partial charge in [-0.05, 0) is 12.1 Å². The minimum atomic E-state index is -2.54. The highest BCUT2D eigenvalue weighted by atomic mass is 35.5. The zero-order valence-electron chi connectivity index (χ0n) is 13.3. The molecule has 29 heavy (non-hydrogen) atoms. The molecule has 1 heterocycles. The predicted molar refractivity (Wildman–Crippen MR) is 79.7 cm³/mol. The monoisotopic (exact) mass is 445 g/mol. The molecular formula is C17H2ClF10N. The average Bonchev–Trinajstić information content (AvgIpc) is 2.69. The van der Waals surface area contributed by atoms with Crippen molar-refractivity contribution in [2.75, 3.05) is 0 Å². The van der Waals surface area contributed by atoms with Crippen LogP contribution in [0.15, 0.2) is 12.1 Å². The molecule has 152 valence electrons. The summed E-state index contributed by atoms with van der Waals surface area (Å²) in [5.74, 6) is -24.5. The maximum atomic E-state index is 14.1. The van der Waals surface area contributed by atoms with Crippen molar-refractivity contribution in [2.45, 2.75) is 0 Å². The van der Waals surface area contributed by atoms with Crippen molar-refractivity contribution in [1.82, 2.24) is 4.98 Å². The van der Waals surface area contributed by atoms with Crippen LogP contribution >= 0.6 is 11.6 Å². The normalized spacial score (nSPS) is 11.3. The van der Waals surface area contributed by atoms with Gasteiger partial charge in [-0.2, -0.15) is 0 Å². The molecule has 12 heteroatoms. The lowest BCUT2D eigenvalue weighted by molar-refractivity contribution is 0.380. The summed E-state index contributed by atoms with van der Waals surface area (Å²) in [6.45, 7) is 0. The van der Waals surface area contributed by atoms with Crippen molar-refractivity contribution in [3.05, 3.63) is 75.5 Å². The standard InChI is InChI=1S/C17H2ClF10N/c18-4-2-1-3(5-7(19)11(23)15(27)12(24)8(5)20)17(29-4)6-9(21)13(25)16(28)14(26)10(6)22/h1-2H. The Morgan fingerprint density at radius 1 is 0.483 bits per heavy atom. The molecule has 0 fully saturated rings. The van der Waals surface area contributed by atoms with Gasteiger partial charge in [-0.25, -0.2) is 48.9 Å². The fourth-order valence-electron chi connectivity index (χ4n) is 2.48. The van der Waals surface area contributed by atoms with Crippen LogP contribution in [-0.2, 0) is 0 Å². The first-order valence-corrected chi connectivity index (χ1v) is 7.56. The van der Waals surface area contributed by atoms with E-state index in [4.69, 9.17) is 11.6 Å². The fourth-order valence-corrected chi connectivity index (χ4v) is 2.63. The van der Waals surface area contributed by atoms with Crippen LogP contribution in [0.3, 0.4) is 0 Å². The van der Waals surface area contributed by atoms with E-state index in [1.54, 1.807) is 0 Å². The Morgan fingerprint density at radius 3 is 1.24 bits per heavy atom. The minimum Gasteiger partial charge on any atom is -0.235 e. The molecule has 3 aromatic rings. The Kier molecular flexibility index (Phi) is 5.20. The van der Waals surface area contributed by atoms with Crippen LogP contribution in [-0.4, -0.2) is 4.98 Å². The molecule has 0 atom stereocenters. The van der Waals surface area contributed by atoms with Crippen molar-refractivity contribution >= 4 is 11.6 Å². The van der Waals surface area contributed by atoms with Gasteiger partial charge in [0.05, 0.1) is 16.8 Å². The van der Waals surface area contributed by atoms with E-state index in [2.05, 4.69) is 4.98 Å². The molecule has 1 aromatic heterocycles.